The van der Waals surface area contributed by atoms with Crippen molar-refractivity contribution in [1.29, 1.82) is 0 Å². The molecule has 2 fully saturated rings. The molecular weight excluding hydrogens is 288 g/mol. The predicted molar refractivity (Wildman–Crippen MR) is 89.8 cm³/mol. The Bertz CT molecular complexity index is 571. The maximum absolute atomic E-state index is 13.1. The number of ketones is 1. The van der Waals surface area contributed by atoms with Crippen molar-refractivity contribution in [2.24, 2.45) is 22.7 Å². The first kappa shape index (κ1) is 16.7. The average Bonchev–Trinajstić information content (AvgIpc) is 2.44. The van der Waals surface area contributed by atoms with Gasteiger partial charge in [0, 0.05) is 11.8 Å². The largest absolute Gasteiger partial charge is 0.450 e. The van der Waals surface area contributed by atoms with Crippen LogP contribution in [0.3, 0.4) is 0 Å². The van der Waals surface area contributed by atoms with Gasteiger partial charge in [0.15, 0.2) is 11.4 Å². The summed E-state index contributed by atoms with van der Waals surface area (Å²) in [6.07, 6.45) is 6.97. The lowest BCUT2D eigenvalue weighted by molar-refractivity contribution is -0.224. The first-order chi connectivity index (χ1) is 10.6. The second-order valence-electron chi connectivity index (χ2n) is 9.06. The average molecular weight is 318 g/mol. The van der Waals surface area contributed by atoms with E-state index in [0.717, 1.165) is 25.7 Å². The van der Waals surface area contributed by atoms with Crippen molar-refractivity contribution in [1.82, 2.24) is 0 Å². The van der Waals surface area contributed by atoms with Gasteiger partial charge in [-0.15, -0.1) is 0 Å². The van der Waals surface area contributed by atoms with Crippen LogP contribution in [-0.2, 0) is 14.3 Å². The Morgan fingerprint density at radius 2 is 1.83 bits per heavy atom. The third-order valence-electron chi connectivity index (χ3n) is 7.03. The highest BCUT2D eigenvalue weighted by atomic mass is 16.6. The first-order valence-electron chi connectivity index (χ1n) is 9.09. The van der Waals surface area contributed by atoms with Gasteiger partial charge in [-0.25, -0.2) is 0 Å². The van der Waals surface area contributed by atoms with Crippen LogP contribution < -0.4 is 0 Å². The summed E-state index contributed by atoms with van der Waals surface area (Å²) in [6, 6.07) is 0. The third kappa shape index (κ3) is 2.30. The molecule has 3 atom stereocenters. The SMILES string of the molecule is CC(C)C1=CC(=O)C2(CC1)OC(=O)CC1C(C)(C)CCCC12C. The van der Waals surface area contributed by atoms with E-state index in [4.69, 9.17) is 4.74 Å². The Hall–Kier alpha value is -1.12. The van der Waals surface area contributed by atoms with Gasteiger partial charge in [-0.2, -0.15) is 0 Å². The fourth-order valence-electron chi connectivity index (χ4n) is 5.55. The number of allylic oxidation sites excluding steroid dienone is 1. The van der Waals surface area contributed by atoms with Crippen molar-refractivity contribution >= 4 is 11.8 Å². The summed E-state index contributed by atoms with van der Waals surface area (Å²) in [6.45, 7) is 11.0. The molecule has 2 aliphatic carbocycles. The second-order valence-corrected chi connectivity index (χ2v) is 9.06. The molecular formula is C20H30O3. The lowest BCUT2D eigenvalue weighted by Crippen LogP contribution is -2.66. The molecule has 3 unspecified atom stereocenters. The highest BCUT2D eigenvalue weighted by Gasteiger charge is 2.66. The summed E-state index contributed by atoms with van der Waals surface area (Å²) in [7, 11) is 0. The highest BCUT2D eigenvalue weighted by Crippen LogP contribution is 2.62. The van der Waals surface area contributed by atoms with Crippen LogP contribution in [0.15, 0.2) is 11.6 Å². The normalized spacial score (nSPS) is 39.9. The molecule has 128 valence electrons. The van der Waals surface area contributed by atoms with E-state index >= 15 is 0 Å². The van der Waals surface area contributed by atoms with E-state index in [1.807, 2.05) is 0 Å². The molecule has 3 aliphatic rings. The summed E-state index contributed by atoms with van der Waals surface area (Å²) >= 11 is 0. The zero-order valence-electron chi connectivity index (χ0n) is 15.2. The molecule has 0 aromatic heterocycles. The van der Waals surface area contributed by atoms with Crippen LogP contribution in [0.25, 0.3) is 0 Å². The van der Waals surface area contributed by atoms with Crippen LogP contribution in [0.4, 0.5) is 0 Å². The maximum atomic E-state index is 13.1. The van der Waals surface area contributed by atoms with E-state index in [2.05, 4.69) is 34.6 Å². The molecule has 0 N–H and O–H groups in total. The maximum Gasteiger partial charge on any atom is 0.307 e. The summed E-state index contributed by atoms with van der Waals surface area (Å²) in [4.78, 5) is 25.5. The molecule has 3 nitrogen and oxygen atoms in total. The van der Waals surface area contributed by atoms with E-state index in [9.17, 15) is 9.59 Å². The number of hydrogen-bond acceptors (Lipinski definition) is 3. The van der Waals surface area contributed by atoms with Gasteiger partial charge < -0.3 is 4.74 Å². The van der Waals surface area contributed by atoms with Crippen LogP contribution >= 0.6 is 0 Å². The predicted octanol–water partition coefficient (Wildman–Crippen LogP) is 4.45. The zero-order chi connectivity index (χ0) is 17.0. The van der Waals surface area contributed by atoms with Crippen LogP contribution in [0.1, 0.15) is 73.1 Å². The molecule has 0 bridgehead atoms. The zero-order valence-corrected chi connectivity index (χ0v) is 15.2. The molecule has 1 saturated heterocycles. The summed E-state index contributed by atoms with van der Waals surface area (Å²) < 4.78 is 5.89. The summed E-state index contributed by atoms with van der Waals surface area (Å²) in [5.74, 6) is 0.452. The molecule has 3 heteroatoms. The molecule has 1 heterocycles. The number of hydrogen-bond donors (Lipinski definition) is 0. The lowest BCUT2D eigenvalue weighted by Gasteiger charge is -2.61. The topological polar surface area (TPSA) is 43.4 Å². The number of ether oxygens (including phenoxy) is 1. The number of esters is 1. The van der Waals surface area contributed by atoms with Crippen LogP contribution in [-0.4, -0.2) is 17.4 Å². The van der Waals surface area contributed by atoms with E-state index in [-0.39, 0.29) is 28.5 Å². The molecule has 0 aromatic carbocycles. The van der Waals surface area contributed by atoms with Crippen LogP contribution in [0, 0.1) is 22.7 Å². The molecule has 23 heavy (non-hydrogen) atoms. The first-order valence-corrected chi connectivity index (χ1v) is 9.09. The molecule has 1 saturated carbocycles. The second kappa shape index (κ2) is 5.19. The number of rotatable bonds is 1. The van der Waals surface area contributed by atoms with Gasteiger partial charge in [0.25, 0.3) is 0 Å². The van der Waals surface area contributed by atoms with E-state index in [1.54, 1.807) is 6.08 Å². The third-order valence-corrected chi connectivity index (χ3v) is 7.03. The van der Waals surface area contributed by atoms with Crippen molar-refractivity contribution in [2.45, 2.75) is 78.7 Å². The molecule has 0 amide bonds. The molecule has 0 radical (unpaired) electrons. The number of fused-ring (bicyclic) bond motifs is 2. The van der Waals surface area contributed by atoms with E-state index in [0.29, 0.717) is 18.8 Å². The molecule has 3 rings (SSSR count). The van der Waals surface area contributed by atoms with Crippen molar-refractivity contribution < 1.29 is 14.3 Å². The van der Waals surface area contributed by atoms with Crippen LogP contribution in [0.2, 0.25) is 0 Å². The van der Waals surface area contributed by atoms with Crippen LogP contribution in [0.5, 0.6) is 0 Å². The minimum atomic E-state index is -0.927. The minimum absolute atomic E-state index is 0.0331. The van der Waals surface area contributed by atoms with E-state index < -0.39 is 5.60 Å². The van der Waals surface area contributed by atoms with Gasteiger partial charge in [0.05, 0.1) is 0 Å². The van der Waals surface area contributed by atoms with Gasteiger partial charge in [0.1, 0.15) is 0 Å². The Morgan fingerprint density at radius 1 is 1.13 bits per heavy atom. The number of carbonyl (C=O) groups is 2. The fourth-order valence-corrected chi connectivity index (χ4v) is 5.55. The van der Waals surface area contributed by atoms with Crippen molar-refractivity contribution in [3.05, 3.63) is 11.6 Å². The Balaban J connectivity index is 2.07. The summed E-state index contributed by atoms with van der Waals surface area (Å²) in [5.41, 5.74) is 0.112. The molecule has 0 aromatic rings. The smallest absolute Gasteiger partial charge is 0.307 e. The minimum Gasteiger partial charge on any atom is -0.450 e. The van der Waals surface area contributed by atoms with Gasteiger partial charge in [-0.3, -0.25) is 9.59 Å². The Labute approximate surface area is 139 Å². The summed E-state index contributed by atoms with van der Waals surface area (Å²) in [5, 5.41) is 0. The Kier molecular flexibility index (Phi) is 3.77. The highest BCUT2D eigenvalue weighted by molar-refractivity contribution is 6.01. The van der Waals surface area contributed by atoms with Crippen molar-refractivity contribution in [3.63, 3.8) is 0 Å². The lowest BCUT2D eigenvalue weighted by atomic mass is 9.47. The van der Waals surface area contributed by atoms with Gasteiger partial charge in [-0.05, 0) is 49.0 Å². The van der Waals surface area contributed by atoms with Gasteiger partial charge in [-0.1, -0.05) is 46.6 Å². The van der Waals surface area contributed by atoms with Gasteiger partial charge >= 0.3 is 5.97 Å². The van der Waals surface area contributed by atoms with E-state index in [1.165, 1.54) is 5.57 Å². The standard InChI is InChI=1S/C20H30O3/c1-13(2)14-7-10-20(16(21)11-14)19(5)9-6-8-18(3,4)15(19)12-17(22)23-20/h11,13,15H,6-10,12H2,1-5H3. The van der Waals surface area contributed by atoms with Crippen molar-refractivity contribution in [3.8, 4) is 0 Å². The number of carbonyl (C=O) groups excluding carboxylic acids is 2. The monoisotopic (exact) mass is 318 g/mol. The van der Waals surface area contributed by atoms with Gasteiger partial charge in [0.2, 0.25) is 0 Å². The molecule has 1 spiro atoms. The quantitative estimate of drug-likeness (QED) is 0.671. The fraction of sp³-hybridized carbons (Fsp3) is 0.800. The molecule has 1 aliphatic heterocycles. The van der Waals surface area contributed by atoms with Crippen molar-refractivity contribution in [2.75, 3.05) is 0 Å². The Morgan fingerprint density at radius 3 is 2.43 bits per heavy atom.